The van der Waals surface area contributed by atoms with Crippen LogP contribution in [0.1, 0.15) is 12.8 Å². The number of allylic oxidation sites excluding steroid dienone is 1. The van der Waals surface area contributed by atoms with Gasteiger partial charge < -0.3 is 10.1 Å². The van der Waals surface area contributed by atoms with Gasteiger partial charge in [0.1, 0.15) is 11.5 Å². The van der Waals surface area contributed by atoms with Crippen molar-refractivity contribution in [3.63, 3.8) is 0 Å². The van der Waals surface area contributed by atoms with E-state index in [2.05, 4.69) is 11.9 Å². The Hall–Kier alpha value is -2.22. The van der Waals surface area contributed by atoms with Gasteiger partial charge >= 0.3 is 0 Å². The predicted octanol–water partition coefficient (Wildman–Crippen LogP) is 4.86. The van der Waals surface area contributed by atoms with Gasteiger partial charge in [0, 0.05) is 12.2 Å². The standard InChI is InChI=1S/C17H19NO/c1-2-3-7-14-18-15-10-12-17(13-11-15)19-16-8-5-4-6-9-16/h2,4-6,8-13,18H,1,3,7,14H2. The van der Waals surface area contributed by atoms with Gasteiger partial charge in [0.2, 0.25) is 0 Å². The minimum atomic E-state index is 0.850. The average Bonchev–Trinajstić information content (AvgIpc) is 2.46. The molecule has 0 bridgehead atoms. The smallest absolute Gasteiger partial charge is 0.127 e. The summed E-state index contributed by atoms with van der Waals surface area (Å²) in [5.41, 5.74) is 1.12. The van der Waals surface area contributed by atoms with Gasteiger partial charge in [-0.3, -0.25) is 0 Å². The highest BCUT2D eigenvalue weighted by Crippen LogP contribution is 2.22. The van der Waals surface area contributed by atoms with Crippen LogP contribution in [0.15, 0.2) is 67.3 Å². The normalized spacial score (nSPS) is 9.89. The molecule has 0 unspecified atom stereocenters. The molecule has 0 saturated heterocycles. The molecule has 19 heavy (non-hydrogen) atoms. The Bertz CT molecular complexity index is 490. The number of anilines is 1. The van der Waals surface area contributed by atoms with Crippen LogP contribution in [0.4, 0.5) is 5.69 Å². The molecule has 0 atom stereocenters. The molecule has 0 saturated carbocycles. The molecule has 0 heterocycles. The maximum atomic E-state index is 5.74. The van der Waals surface area contributed by atoms with Crippen LogP contribution >= 0.6 is 0 Å². The molecule has 0 amide bonds. The van der Waals surface area contributed by atoms with E-state index in [4.69, 9.17) is 4.74 Å². The number of ether oxygens (including phenoxy) is 1. The molecule has 2 nitrogen and oxygen atoms in total. The van der Waals surface area contributed by atoms with Gasteiger partial charge in [-0.25, -0.2) is 0 Å². The van der Waals surface area contributed by atoms with Crippen LogP contribution < -0.4 is 10.1 Å². The lowest BCUT2D eigenvalue weighted by Gasteiger charge is -2.08. The lowest BCUT2D eigenvalue weighted by atomic mass is 10.2. The second-order valence-corrected chi connectivity index (χ2v) is 4.30. The topological polar surface area (TPSA) is 21.3 Å². The Morgan fingerprint density at radius 1 is 0.947 bits per heavy atom. The van der Waals surface area contributed by atoms with Crippen LogP contribution in [0.25, 0.3) is 0 Å². The van der Waals surface area contributed by atoms with Gasteiger partial charge in [-0.1, -0.05) is 24.3 Å². The molecule has 0 spiro atoms. The predicted molar refractivity (Wildman–Crippen MR) is 80.9 cm³/mol. The van der Waals surface area contributed by atoms with E-state index in [0.29, 0.717) is 0 Å². The van der Waals surface area contributed by atoms with Crippen LogP contribution in [0.2, 0.25) is 0 Å². The van der Waals surface area contributed by atoms with Crippen LogP contribution in [0.3, 0.4) is 0 Å². The molecule has 2 aromatic carbocycles. The molecule has 0 aliphatic rings. The zero-order valence-corrected chi connectivity index (χ0v) is 11.0. The Morgan fingerprint density at radius 2 is 1.63 bits per heavy atom. The zero-order valence-electron chi connectivity index (χ0n) is 11.0. The highest BCUT2D eigenvalue weighted by molar-refractivity contribution is 5.47. The molecule has 2 heteroatoms. The maximum absolute atomic E-state index is 5.74. The van der Waals surface area contributed by atoms with Crippen molar-refractivity contribution in [1.29, 1.82) is 0 Å². The van der Waals surface area contributed by atoms with E-state index in [-0.39, 0.29) is 0 Å². The van der Waals surface area contributed by atoms with E-state index in [1.807, 2.05) is 60.7 Å². The van der Waals surface area contributed by atoms with Gasteiger partial charge in [-0.15, -0.1) is 6.58 Å². The average molecular weight is 253 g/mol. The van der Waals surface area contributed by atoms with Gasteiger partial charge in [0.25, 0.3) is 0 Å². The van der Waals surface area contributed by atoms with Crippen molar-refractivity contribution in [1.82, 2.24) is 0 Å². The summed E-state index contributed by atoms with van der Waals surface area (Å²) >= 11 is 0. The Balaban J connectivity index is 1.86. The van der Waals surface area contributed by atoms with Crippen molar-refractivity contribution in [3.8, 4) is 11.5 Å². The van der Waals surface area contributed by atoms with Crippen molar-refractivity contribution < 1.29 is 4.74 Å². The van der Waals surface area contributed by atoms with Crippen LogP contribution in [-0.4, -0.2) is 6.54 Å². The first-order valence-electron chi connectivity index (χ1n) is 6.56. The Labute approximate surface area is 114 Å². The first-order valence-corrected chi connectivity index (χ1v) is 6.56. The monoisotopic (exact) mass is 253 g/mol. The largest absolute Gasteiger partial charge is 0.457 e. The minimum Gasteiger partial charge on any atom is -0.457 e. The summed E-state index contributed by atoms with van der Waals surface area (Å²) in [5.74, 6) is 1.71. The van der Waals surface area contributed by atoms with E-state index in [9.17, 15) is 0 Å². The lowest BCUT2D eigenvalue weighted by molar-refractivity contribution is 0.483. The lowest BCUT2D eigenvalue weighted by Crippen LogP contribution is -2.00. The first-order chi connectivity index (χ1) is 9.38. The highest BCUT2D eigenvalue weighted by Gasteiger charge is 1.97. The number of benzene rings is 2. The molecule has 2 rings (SSSR count). The summed E-state index contributed by atoms with van der Waals surface area (Å²) < 4.78 is 5.74. The van der Waals surface area contributed by atoms with E-state index < -0.39 is 0 Å². The van der Waals surface area contributed by atoms with Gasteiger partial charge in [-0.2, -0.15) is 0 Å². The fourth-order valence-corrected chi connectivity index (χ4v) is 1.74. The number of para-hydroxylation sites is 1. The van der Waals surface area contributed by atoms with Crippen LogP contribution in [0, 0.1) is 0 Å². The molecular weight excluding hydrogens is 234 g/mol. The number of unbranched alkanes of at least 4 members (excludes halogenated alkanes) is 1. The first kappa shape index (κ1) is 13.2. The Kier molecular flexibility index (Phi) is 5.06. The van der Waals surface area contributed by atoms with E-state index >= 15 is 0 Å². The molecule has 0 aliphatic carbocycles. The quantitative estimate of drug-likeness (QED) is 0.562. The van der Waals surface area contributed by atoms with E-state index in [1.54, 1.807) is 0 Å². The molecule has 98 valence electrons. The molecule has 0 fully saturated rings. The third-order valence-corrected chi connectivity index (χ3v) is 2.75. The van der Waals surface area contributed by atoms with Gasteiger partial charge in [-0.05, 0) is 49.2 Å². The fraction of sp³-hybridized carbons (Fsp3) is 0.176. The fourth-order valence-electron chi connectivity index (χ4n) is 1.74. The minimum absolute atomic E-state index is 0.850. The summed E-state index contributed by atoms with van der Waals surface area (Å²) in [5, 5.41) is 3.37. The van der Waals surface area contributed by atoms with Crippen molar-refractivity contribution in [2.45, 2.75) is 12.8 Å². The molecule has 1 N–H and O–H groups in total. The molecule has 0 radical (unpaired) electrons. The van der Waals surface area contributed by atoms with Gasteiger partial charge in [0.15, 0.2) is 0 Å². The van der Waals surface area contributed by atoms with Crippen LogP contribution in [-0.2, 0) is 0 Å². The summed E-state index contributed by atoms with van der Waals surface area (Å²) in [6.45, 7) is 4.68. The summed E-state index contributed by atoms with van der Waals surface area (Å²) in [4.78, 5) is 0. The summed E-state index contributed by atoms with van der Waals surface area (Å²) in [6, 6.07) is 17.8. The number of nitrogens with one attached hydrogen (secondary N) is 1. The Morgan fingerprint density at radius 3 is 2.32 bits per heavy atom. The third-order valence-electron chi connectivity index (χ3n) is 2.75. The second kappa shape index (κ2) is 7.27. The number of rotatable bonds is 7. The summed E-state index contributed by atoms with van der Waals surface area (Å²) in [7, 11) is 0. The van der Waals surface area contributed by atoms with Gasteiger partial charge in [0.05, 0.1) is 0 Å². The summed E-state index contributed by atoms with van der Waals surface area (Å²) in [6.07, 6.45) is 4.09. The van der Waals surface area contributed by atoms with Crippen molar-refractivity contribution in [3.05, 3.63) is 67.3 Å². The SMILES string of the molecule is C=CCCCNc1ccc(Oc2ccccc2)cc1. The zero-order chi connectivity index (χ0) is 13.3. The van der Waals surface area contributed by atoms with Crippen molar-refractivity contribution in [2.24, 2.45) is 0 Å². The maximum Gasteiger partial charge on any atom is 0.127 e. The highest BCUT2D eigenvalue weighted by atomic mass is 16.5. The molecule has 2 aromatic rings. The number of hydrogen-bond acceptors (Lipinski definition) is 2. The number of hydrogen-bond donors (Lipinski definition) is 1. The molecule has 0 aromatic heterocycles. The molecular formula is C17H19NO. The van der Waals surface area contributed by atoms with E-state index in [1.165, 1.54) is 0 Å². The van der Waals surface area contributed by atoms with Crippen molar-refractivity contribution in [2.75, 3.05) is 11.9 Å². The van der Waals surface area contributed by atoms with E-state index in [0.717, 1.165) is 36.6 Å². The van der Waals surface area contributed by atoms with Crippen LogP contribution in [0.5, 0.6) is 11.5 Å². The molecule has 0 aliphatic heterocycles. The third kappa shape index (κ3) is 4.51. The second-order valence-electron chi connectivity index (χ2n) is 4.30. The van der Waals surface area contributed by atoms with Crippen molar-refractivity contribution >= 4 is 5.69 Å².